The molecule has 0 aliphatic heterocycles. The molecule has 0 saturated carbocycles. The van der Waals surface area contributed by atoms with Crippen molar-refractivity contribution in [2.45, 2.75) is 0 Å². The van der Waals surface area contributed by atoms with Gasteiger partial charge in [0.1, 0.15) is 11.5 Å². The highest BCUT2D eigenvalue weighted by Crippen LogP contribution is 2.33. The minimum Gasteiger partial charge on any atom is -0.496 e. The van der Waals surface area contributed by atoms with Gasteiger partial charge in [0, 0.05) is 22.8 Å². The average Bonchev–Trinajstić information content (AvgIpc) is 2.77. The number of methoxy groups -OCH3 is 3. The standard InChI is InChI=1S/C23H22N2O3/c1-26-20-15-22(28-3)21(27-2)14-19(20)16-24-25-23(17-10-6-4-7-11-17)18-12-8-5-9-13-18/h4-16H,1-3H3. The van der Waals surface area contributed by atoms with Crippen LogP contribution in [-0.4, -0.2) is 33.3 Å². The maximum atomic E-state index is 5.44. The molecule has 3 aromatic rings. The van der Waals surface area contributed by atoms with Crippen molar-refractivity contribution < 1.29 is 14.2 Å². The molecule has 0 bridgehead atoms. The van der Waals surface area contributed by atoms with Crippen LogP contribution >= 0.6 is 0 Å². The lowest BCUT2D eigenvalue weighted by Crippen LogP contribution is -2.02. The molecule has 5 heteroatoms. The Bertz CT molecular complexity index is 926. The minimum absolute atomic E-state index is 0.592. The molecule has 0 saturated heterocycles. The van der Waals surface area contributed by atoms with Crippen LogP contribution in [0, 0.1) is 0 Å². The second-order valence-electron chi connectivity index (χ2n) is 5.87. The van der Waals surface area contributed by atoms with Crippen molar-refractivity contribution in [2.24, 2.45) is 10.2 Å². The fraction of sp³-hybridized carbons (Fsp3) is 0.130. The molecule has 142 valence electrons. The number of nitrogens with zero attached hydrogens (tertiary/aromatic N) is 2. The summed E-state index contributed by atoms with van der Waals surface area (Å²) in [7, 11) is 4.77. The molecule has 0 unspecified atom stereocenters. The lowest BCUT2D eigenvalue weighted by Gasteiger charge is -2.11. The van der Waals surface area contributed by atoms with Crippen molar-refractivity contribution in [1.29, 1.82) is 0 Å². The Morgan fingerprint density at radius 2 is 1.18 bits per heavy atom. The molecule has 0 fully saturated rings. The smallest absolute Gasteiger partial charge is 0.164 e. The number of ether oxygens (including phenoxy) is 3. The van der Waals surface area contributed by atoms with Gasteiger partial charge in [-0.05, 0) is 6.07 Å². The van der Waals surface area contributed by atoms with Crippen LogP contribution < -0.4 is 14.2 Å². The highest BCUT2D eigenvalue weighted by molar-refractivity contribution is 6.13. The molecule has 3 aromatic carbocycles. The van der Waals surface area contributed by atoms with Crippen molar-refractivity contribution in [1.82, 2.24) is 0 Å². The van der Waals surface area contributed by atoms with Crippen LogP contribution in [-0.2, 0) is 0 Å². The van der Waals surface area contributed by atoms with Crippen LogP contribution in [0.1, 0.15) is 16.7 Å². The summed E-state index contributed by atoms with van der Waals surface area (Å²) in [6.07, 6.45) is 1.65. The van der Waals surface area contributed by atoms with Gasteiger partial charge in [0.2, 0.25) is 0 Å². The Morgan fingerprint density at radius 3 is 1.68 bits per heavy atom. The largest absolute Gasteiger partial charge is 0.496 e. The first kappa shape index (κ1) is 19.2. The molecule has 0 aliphatic rings. The first-order chi connectivity index (χ1) is 13.8. The van der Waals surface area contributed by atoms with E-state index in [-0.39, 0.29) is 0 Å². The summed E-state index contributed by atoms with van der Waals surface area (Å²) in [6.45, 7) is 0. The van der Waals surface area contributed by atoms with E-state index in [4.69, 9.17) is 14.2 Å². The van der Waals surface area contributed by atoms with Crippen LogP contribution in [0.2, 0.25) is 0 Å². The molecule has 0 heterocycles. The summed E-state index contributed by atoms with van der Waals surface area (Å²) >= 11 is 0. The highest BCUT2D eigenvalue weighted by atomic mass is 16.5. The van der Waals surface area contributed by atoms with E-state index in [0.29, 0.717) is 17.2 Å². The number of rotatable bonds is 7. The van der Waals surface area contributed by atoms with E-state index in [1.807, 2.05) is 60.7 Å². The third-order valence-corrected chi connectivity index (χ3v) is 4.18. The lowest BCUT2D eigenvalue weighted by molar-refractivity contribution is 0.349. The van der Waals surface area contributed by atoms with Gasteiger partial charge in [0.05, 0.1) is 27.5 Å². The summed E-state index contributed by atoms with van der Waals surface area (Å²) in [5.41, 5.74) is 3.51. The van der Waals surface area contributed by atoms with Gasteiger partial charge in [-0.2, -0.15) is 5.10 Å². The van der Waals surface area contributed by atoms with Gasteiger partial charge in [0.25, 0.3) is 0 Å². The third-order valence-electron chi connectivity index (χ3n) is 4.18. The van der Waals surface area contributed by atoms with Crippen LogP contribution in [0.4, 0.5) is 0 Å². The molecule has 28 heavy (non-hydrogen) atoms. The van der Waals surface area contributed by atoms with Crippen molar-refractivity contribution in [3.05, 3.63) is 89.5 Å². The predicted octanol–water partition coefficient (Wildman–Crippen LogP) is 4.58. The van der Waals surface area contributed by atoms with E-state index < -0.39 is 0 Å². The van der Waals surface area contributed by atoms with Gasteiger partial charge in [0.15, 0.2) is 11.5 Å². The Labute approximate surface area is 164 Å². The van der Waals surface area contributed by atoms with Crippen LogP contribution in [0.15, 0.2) is 83.0 Å². The zero-order valence-electron chi connectivity index (χ0n) is 16.1. The molecule has 0 aromatic heterocycles. The van der Waals surface area contributed by atoms with E-state index >= 15 is 0 Å². The maximum absolute atomic E-state index is 5.44. The fourth-order valence-corrected chi connectivity index (χ4v) is 2.78. The Morgan fingerprint density at radius 1 is 0.679 bits per heavy atom. The number of hydrogen-bond acceptors (Lipinski definition) is 5. The van der Waals surface area contributed by atoms with Crippen molar-refractivity contribution in [3.63, 3.8) is 0 Å². The summed E-state index contributed by atoms with van der Waals surface area (Å²) in [5.74, 6) is 1.81. The van der Waals surface area contributed by atoms with Gasteiger partial charge in [-0.15, -0.1) is 5.10 Å². The lowest BCUT2D eigenvalue weighted by atomic mass is 10.0. The first-order valence-corrected chi connectivity index (χ1v) is 8.78. The van der Waals surface area contributed by atoms with Gasteiger partial charge in [-0.3, -0.25) is 0 Å². The molecule has 0 N–H and O–H groups in total. The van der Waals surface area contributed by atoms with Crippen LogP contribution in [0.25, 0.3) is 0 Å². The number of benzene rings is 3. The molecule has 0 atom stereocenters. The normalized spacial score (nSPS) is 10.5. The minimum atomic E-state index is 0.592. The SMILES string of the molecule is COc1cc(OC)c(OC)cc1C=NN=C(c1ccccc1)c1ccccc1. The monoisotopic (exact) mass is 374 g/mol. The predicted molar refractivity (Wildman–Crippen MR) is 112 cm³/mol. The van der Waals surface area contributed by atoms with E-state index in [9.17, 15) is 0 Å². The first-order valence-electron chi connectivity index (χ1n) is 8.78. The van der Waals surface area contributed by atoms with Crippen molar-refractivity contribution in [2.75, 3.05) is 21.3 Å². The van der Waals surface area contributed by atoms with Crippen LogP contribution in [0.3, 0.4) is 0 Å². The summed E-state index contributed by atoms with van der Waals surface area (Å²) < 4.78 is 16.1. The Hall–Kier alpha value is -3.60. The van der Waals surface area contributed by atoms with Gasteiger partial charge >= 0.3 is 0 Å². The average molecular weight is 374 g/mol. The topological polar surface area (TPSA) is 52.4 Å². The Kier molecular flexibility index (Phi) is 6.41. The Balaban J connectivity index is 2.00. The molecule has 0 aliphatic carbocycles. The maximum Gasteiger partial charge on any atom is 0.164 e. The molecular weight excluding hydrogens is 352 g/mol. The van der Waals surface area contributed by atoms with Gasteiger partial charge in [-0.25, -0.2) is 0 Å². The second kappa shape index (κ2) is 9.37. The number of hydrogen-bond donors (Lipinski definition) is 0. The summed E-state index contributed by atoms with van der Waals surface area (Å²) in [4.78, 5) is 0. The second-order valence-corrected chi connectivity index (χ2v) is 5.87. The van der Waals surface area contributed by atoms with E-state index in [1.54, 1.807) is 39.7 Å². The summed E-state index contributed by atoms with van der Waals surface area (Å²) in [6, 6.07) is 23.5. The molecular formula is C23H22N2O3. The van der Waals surface area contributed by atoms with E-state index in [1.165, 1.54) is 0 Å². The highest BCUT2D eigenvalue weighted by Gasteiger charge is 2.11. The molecule has 0 spiro atoms. The third kappa shape index (κ3) is 4.38. The molecule has 5 nitrogen and oxygen atoms in total. The zero-order chi connectivity index (χ0) is 19.8. The van der Waals surface area contributed by atoms with Crippen LogP contribution in [0.5, 0.6) is 17.2 Å². The van der Waals surface area contributed by atoms with Gasteiger partial charge < -0.3 is 14.2 Å². The van der Waals surface area contributed by atoms with Crippen molar-refractivity contribution >= 4 is 11.9 Å². The van der Waals surface area contributed by atoms with E-state index in [2.05, 4.69) is 10.2 Å². The quantitative estimate of drug-likeness (QED) is 0.449. The van der Waals surface area contributed by atoms with E-state index in [0.717, 1.165) is 22.4 Å². The summed E-state index contributed by atoms with van der Waals surface area (Å²) in [5, 5.41) is 8.81. The zero-order valence-corrected chi connectivity index (χ0v) is 16.1. The molecule has 0 amide bonds. The molecule has 0 radical (unpaired) electrons. The van der Waals surface area contributed by atoms with Crippen molar-refractivity contribution in [3.8, 4) is 17.2 Å². The van der Waals surface area contributed by atoms with Gasteiger partial charge in [-0.1, -0.05) is 60.7 Å². The fourth-order valence-electron chi connectivity index (χ4n) is 2.78. The molecule has 3 rings (SSSR count).